The molecule has 0 unspecified atom stereocenters. The van der Waals surface area contributed by atoms with Gasteiger partial charge in [-0.3, -0.25) is 9.69 Å². The molecule has 1 aromatic carbocycles. The Bertz CT molecular complexity index is 474. The molecule has 1 aliphatic heterocycles. The summed E-state index contributed by atoms with van der Waals surface area (Å²) in [5, 5.41) is 3.20. The lowest BCUT2D eigenvalue weighted by molar-refractivity contribution is -0.127. The molecule has 3 nitrogen and oxygen atoms in total. The van der Waals surface area contributed by atoms with Crippen LogP contribution in [0, 0.1) is 12.8 Å². The first kappa shape index (κ1) is 17.0. The molecule has 0 atom stereocenters. The van der Waals surface area contributed by atoms with Gasteiger partial charge in [0.1, 0.15) is 0 Å². The van der Waals surface area contributed by atoms with Crippen molar-refractivity contribution in [2.45, 2.75) is 59.0 Å². The molecule has 2 rings (SSSR count). The zero-order valence-electron chi connectivity index (χ0n) is 14.3. The Kier molecular flexibility index (Phi) is 6.44. The highest BCUT2D eigenvalue weighted by Gasteiger charge is 2.25. The van der Waals surface area contributed by atoms with Crippen LogP contribution in [0.15, 0.2) is 24.3 Å². The molecule has 0 spiro atoms. The Balaban J connectivity index is 1.79. The van der Waals surface area contributed by atoms with Gasteiger partial charge >= 0.3 is 0 Å². The van der Waals surface area contributed by atoms with E-state index in [1.165, 1.54) is 11.1 Å². The number of likely N-dealkylation sites (tertiary alicyclic amines) is 1. The number of nitrogens with one attached hydrogen (secondary N) is 1. The number of hydrogen-bond acceptors (Lipinski definition) is 2. The Morgan fingerprint density at radius 3 is 2.55 bits per heavy atom. The van der Waals surface area contributed by atoms with Crippen molar-refractivity contribution in [2.75, 3.05) is 13.1 Å². The summed E-state index contributed by atoms with van der Waals surface area (Å²) in [5.74, 6) is 0.471. The molecule has 3 heteroatoms. The van der Waals surface area contributed by atoms with Gasteiger partial charge in [0.15, 0.2) is 0 Å². The van der Waals surface area contributed by atoms with Crippen molar-refractivity contribution in [2.24, 2.45) is 5.92 Å². The SMILES string of the molecule is CCC(CC)NC(=O)C1CCN(Cc2cccc(C)c2)CC1. The second kappa shape index (κ2) is 8.33. The third-order valence-corrected chi connectivity index (χ3v) is 4.78. The van der Waals surface area contributed by atoms with E-state index in [1.807, 2.05) is 0 Å². The van der Waals surface area contributed by atoms with Gasteiger partial charge in [-0.1, -0.05) is 43.7 Å². The van der Waals surface area contributed by atoms with Crippen molar-refractivity contribution < 1.29 is 4.79 Å². The van der Waals surface area contributed by atoms with E-state index in [9.17, 15) is 4.79 Å². The second-order valence-corrected chi connectivity index (χ2v) is 6.56. The Morgan fingerprint density at radius 2 is 1.95 bits per heavy atom. The zero-order valence-corrected chi connectivity index (χ0v) is 14.3. The number of benzene rings is 1. The summed E-state index contributed by atoms with van der Waals surface area (Å²) in [6, 6.07) is 9.06. The van der Waals surface area contributed by atoms with E-state index in [2.05, 4.69) is 55.3 Å². The first-order valence-electron chi connectivity index (χ1n) is 8.70. The molecule has 0 aromatic heterocycles. The third-order valence-electron chi connectivity index (χ3n) is 4.78. The van der Waals surface area contributed by atoms with Gasteiger partial charge in [0, 0.05) is 18.5 Å². The number of hydrogen-bond donors (Lipinski definition) is 1. The van der Waals surface area contributed by atoms with E-state index in [0.29, 0.717) is 6.04 Å². The van der Waals surface area contributed by atoms with Crippen LogP contribution >= 0.6 is 0 Å². The smallest absolute Gasteiger partial charge is 0.223 e. The highest BCUT2D eigenvalue weighted by atomic mass is 16.1. The molecule has 1 saturated heterocycles. The summed E-state index contributed by atoms with van der Waals surface area (Å²) >= 11 is 0. The van der Waals surface area contributed by atoms with Crippen LogP contribution in [0.25, 0.3) is 0 Å². The molecule has 0 aliphatic carbocycles. The number of carbonyl (C=O) groups is 1. The number of carbonyl (C=O) groups excluding carboxylic acids is 1. The molecule has 22 heavy (non-hydrogen) atoms. The topological polar surface area (TPSA) is 32.3 Å². The molecule has 0 saturated carbocycles. The fourth-order valence-corrected chi connectivity index (χ4v) is 3.23. The molecular weight excluding hydrogens is 272 g/mol. The average molecular weight is 302 g/mol. The van der Waals surface area contributed by atoms with Crippen LogP contribution in [-0.2, 0) is 11.3 Å². The van der Waals surface area contributed by atoms with Crippen molar-refractivity contribution in [1.29, 1.82) is 0 Å². The number of piperidine rings is 1. The highest BCUT2D eigenvalue weighted by molar-refractivity contribution is 5.79. The number of nitrogens with zero attached hydrogens (tertiary/aromatic N) is 1. The Labute approximate surface area is 135 Å². The van der Waals surface area contributed by atoms with Crippen LogP contribution in [0.5, 0.6) is 0 Å². The van der Waals surface area contributed by atoms with E-state index in [1.54, 1.807) is 0 Å². The van der Waals surface area contributed by atoms with Gasteiger partial charge in [0.05, 0.1) is 0 Å². The van der Waals surface area contributed by atoms with Gasteiger partial charge in [-0.15, -0.1) is 0 Å². The molecule has 1 heterocycles. The first-order chi connectivity index (χ1) is 10.6. The van der Waals surface area contributed by atoms with Crippen molar-refractivity contribution in [3.8, 4) is 0 Å². The largest absolute Gasteiger partial charge is 0.353 e. The molecule has 1 aromatic rings. The standard InChI is InChI=1S/C19H30N2O/c1-4-18(5-2)20-19(22)17-9-11-21(12-10-17)14-16-8-6-7-15(3)13-16/h6-8,13,17-18H,4-5,9-12,14H2,1-3H3,(H,20,22). The maximum absolute atomic E-state index is 12.3. The third kappa shape index (κ3) is 4.84. The molecule has 1 aliphatic rings. The van der Waals surface area contributed by atoms with E-state index < -0.39 is 0 Å². The van der Waals surface area contributed by atoms with Gasteiger partial charge in [-0.25, -0.2) is 0 Å². The van der Waals surface area contributed by atoms with Gasteiger partial charge in [0.25, 0.3) is 0 Å². The second-order valence-electron chi connectivity index (χ2n) is 6.56. The lowest BCUT2D eigenvalue weighted by Gasteiger charge is -2.32. The minimum Gasteiger partial charge on any atom is -0.353 e. The number of aryl methyl sites for hydroxylation is 1. The summed E-state index contributed by atoms with van der Waals surface area (Å²) in [4.78, 5) is 14.8. The molecule has 1 fully saturated rings. The summed E-state index contributed by atoms with van der Waals surface area (Å²) in [6.45, 7) is 9.46. The predicted molar refractivity (Wildman–Crippen MR) is 91.7 cm³/mol. The van der Waals surface area contributed by atoms with E-state index in [0.717, 1.165) is 45.3 Å². The maximum Gasteiger partial charge on any atom is 0.223 e. The van der Waals surface area contributed by atoms with Crippen molar-refractivity contribution in [3.63, 3.8) is 0 Å². The molecule has 122 valence electrons. The van der Waals surface area contributed by atoms with Crippen LogP contribution in [0.2, 0.25) is 0 Å². The van der Waals surface area contributed by atoms with Crippen molar-refractivity contribution in [3.05, 3.63) is 35.4 Å². The van der Waals surface area contributed by atoms with Crippen LogP contribution in [-0.4, -0.2) is 29.9 Å². The molecule has 1 amide bonds. The highest BCUT2D eigenvalue weighted by Crippen LogP contribution is 2.20. The quantitative estimate of drug-likeness (QED) is 0.872. The first-order valence-corrected chi connectivity index (χ1v) is 8.70. The summed E-state index contributed by atoms with van der Waals surface area (Å²) in [6.07, 6.45) is 4.01. The van der Waals surface area contributed by atoms with Gasteiger partial charge in [-0.05, 0) is 51.3 Å². The minimum atomic E-state index is 0.203. The lowest BCUT2D eigenvalue weighted by atomic mass is 9.95. The molecular formula is C19H30N2O. The van der Waals surface area contributed by atoms with Crippen LogP contribution in [0.3, 0.4) is 0 Å². The van der Waals surface area contributed by atoms with E-state index >= 15 is 0 Å². The maximum atomic E-state index is 12.3. The van der Waals surface area contributed by atoms with E-state index in [-0.39, 0.29) is 11.8 Å². The van der Waals surface area contributed by atoms with Crippen LogP contribution in [0.1, 0.15) is 50.7 Å². The average Bonchev–Trinajstić information content (AvgIpc) is 2.53. The van der Waals surface area contributed by atoms with Crippen LogP contribution < -0.4 is 5.32 Å². The van der Waals surface area contributed by atoms with E-state index in [4.69, 9.17) is 0 Å². The lowest BCUT2D eigenvalue weighted by Crippen LogP contribution is -2.43. The Hall–Kier alpha value is -1.35. The van der Waals surface area contributed by atoms with Crippen molar-refractivity contribution >= 4 is 5.91 Å². The summed E-state index contributed by atoms with van der Waals surface area (Å²) in [7, 11) is 0. The fourth-order valence-electron chi connectivity index (χ4n) is 3.23. The summed E-state index contributed by atoms with van der Waals surface area (Å²) in [5.41, 5.74) is 2.69. The molecule has 0 radical (unpaired) electrons. The zero-order chi connectivity index (χ0) is 15.9. The van der Waals surface area contributed by atoms with Crippen LogP contribution in [0.4, 0.5) is 0 Å². The monoisotopic (exact) mass is 302 g/mol. The minimum absolute atomic E-state index is 0.203. The number of amides is 1. The summed E-state index contributed by atoms with van der Waals surface area (Å²) < 4.78 is 0. The number of rotatable bonds is 6. The van der Waals surface area contributed by atoms with Gasteiger partial charge in [0.2, 0.25) is 5.91 Å². The normalized spacial score (nSPS) is 16.9. The predicted octanol–water partition coefficient (Wildman–Crippen LogP) is 3.51. The van der Waals surface area contributed by atoms with Gasteiger partial charge < -0.3 is 5.32 Å². The van der Waals surface area contributed by atoms with Gasteiger partial charge in [-0.2, -0.15) is 0 Å². The Morgan fingerprint density at radius 1 is 1.27 bits per heavy atom. The molecule has 1 N–H and O–H groups in total. The van der Waals surface area contributed by atoms with Crippen molar-refractivity contribution in [1.82, 2.24) is 10.2 Å². The molecule has 0 bridgehead atoms. The fraction of sp³-hybridized carbons (Fsp3) is 0.632.